The third-order valence-corrected chi connectivity index (χ3v) is 5.97. The molecule has 3 rings (SSSR count). The number of aryl methyl sites for hydroxylation is 2. The standard InChI is InChI=1S/C27H34/c1-3-4-5-6-7-23-14-18-26(19-15-23)27-20-16-25(17-21-27)13-12-24-10-8-22(2)9-11-24/h8-11,14-15,18-19,25,27H,3-7,16-17,20-21H2,1-2H3/t25-,27-. The van der Waals surface area contributed by atoms with E-state index in [0.29, 0.717) is 5.92 Å². The molecule has 0 heterocycles. The number of hydrogen-bond donors (Lipinski definition) is 0. The number of unbranched alkanes of at least 4 members (excludes halogenated alkanes) is 3. The molecule has 0 bridgehead atoms. The summed E-state index contributed by atoms with van der Waals surface area (Å²) < 4.78 is 0. The molecule has 0 saturated heterocycles. The van der Waals surface area contributed by atoms with Gasteiger partial charge in [-0.05, 0) is 74.6 Å². The molecule has 1 fully saturated rings. The monoisotopic (exact) mass is 358 g/mol. The van der Waals surface area contributed by atoms with Crippen molar-refractivity contribution < 1.29 is 0 Å². The molecular weight excluding hydrogens is 324 g/mol. The van der Waals surface area contributed by atoms with E-state index in [-0.39, 0.29) is 0 Å². The van der Waals surface area contributed by atoms with Crippen LogP contribution in [-0.4, -0.2) is 0 Å². The molecule has 0 aliphatic heterocycles. The van der Waals surface area contributed by atoms with Crippen molar-refractivity contribution in [2.45, 2.75) is 77.6 Å². The van der Waals surface area contributed by atoms with Gasteiger partial charge in [0.25, 0.3) is 0 Å². The van der Waals surface area contributed by atoms with Crippen LogP contribution in [0.15, 0.2) is 48.5 Å². The lowest BCUT2D eigenvalue weighted by molar-refractivity contribution is 0.384. The van der Waals surface area contributed by atoms with Gasteiger partial charge in [0.15, 0.2) is 0 Å². The van der Waals surface area contributed by atoms with Crippen LogP contribution < -0.4 is 0 Å². The van der Waals surface area contributed by atoms with Crippen LogP contribution in [0.25, 0.3) is 0 Å². The van der Waals surface area contributed by atoms with E-state index in [9.17, 15) is 0 Å². The van der Waals surface area contributed by atoms with Crippen molar-refractivity contribution >= 4 is 0 Å². The highest BCUT2D eigenvalue weighted by Crippen LogP contribution is 2.35. The first kappa shape index (κ1) is 19.8. The summed E-state index contributed by atoms with van der Waals surface area (Å²) in [7, 11) is 0. The number of hydrogen-bond acceptors (Lipinski definition) is 0. The largest absolute Gasteiger partial charge is 0.0945 e. The Bertz CT molecular complexity index is 731. The molecular formula is C27H34. The van der Waals surface area contributed by atoms with Gasteiger partial charge in [0.2, 0.25) is 0 Å². The molecule has 0 atom stereocenters. The fourth-order valence-corrected chi connectivity index (χ4v) is 4.11. The van der Waals surface area contributed by atoms with Crippen LogP contribution in [0.3, 0.4) is 0 Å². The number of benzene rings is 2. The predicted octanol–water partition coefficient (Wildman–Crippen LogP) is 7.44. The summed E-state index contributed by atoms with van der Waals surface area (Å²) >= 11 is 0. The highest BCUT2D eigenvalue weighted by molar-refractivity contribution is 5.36. The van der Waals surface area contributed by atoms with Gasteiger partial charge in [-0.3, -0.25) is 0 Å². The predicted molar refractivity (Wildman–Crippen MR) is 117 cm³/mol. The summed E-state index contributed by atoms with van der Waals surface area (Å²) in [4.78, 5) is 0. The second-order valence-corrected chi connectivity index (χ2v) is 8.24. The molecule has 0 amide bonds. The third-order valence-electron chi connectivity index (χ3n) is 5.97. The van der Waals surface area contributed by atoms with Crippen molar-refractivity contribution in [1.82, 2.24) is 0 Å². The molecule has 142 valence electrons. The van der Waals surface area contributed by atoms with Crippen molar-refractivity contribution in [3.8, 4) is 11.8 Å². The summed E-state index contributed by atoms with van der Waals surface area (Å²) in [5.74, 6) is 8.21. The molecule has 0 spiro atoms. The van der Waals surface area contributed by atoms with Gasteiger partial charge in [-0.1, -0.05) is 80.0 Å². The van der Waals surface area contributed by atoms with Crippen LogP contribution in [0, 0.1) is 24.7 Å². The maximum absolute atomic E-state index is 3.52. The SMILES string of the molecule is CCCCCCc1ccc([C@H]2CC[C@H](C#Cc3ccc(C)cc3)CC2)cc1. The molecule has 1 saturated carbocycles. The van der Waals surface area contributed by atoms with Crippen LogP contribution in [-0.2, 0) is 6.42 Å². The minimum absolute atomic E-state index is 0.570. The van der Waals surface area contributed by atoms with E-state index >= 15 is 0 Å². The van der Waals surface area contributed by atoms with Crippen molar-refractivity contribution in [2.75, 3.05) is 0 Å². The van der Waals surface area contributed by atoms with Crippen LogP contribution >= 0.6 is 0 Å². The lowest BCUT2D eigenvalue weighted by Crippen LogP contribution is -2.12. The van der Waals surface area contributed by atoms with E-state index in [4.69, 9.17) is 0 Å². The topological polar surface area (TPSA) is 0 Å². The van der Waals surface area contributed by atoms with Gasteiger partial charge in [-0.2, -0.15) is 0 Å². The van der Waals surface area contributed by atoms with Crippen LogP contribution in [0.4, 0.5) is 0 Å². The molecule has 0 radical (unpaired) electrons. The van der Waals surface area contributed by atoms with Crippen LogP contribution in [0.5, 0.6) is 0 Å². The molecule has 0 heteroatoms. The average molecular weight is 359 g/mol. The molecule has 1 aliphatic carbocycles. The zero-order valence-corrected chi connectivity index (χ0v) is 17.1. The molecule has 1 aliphatic rings. The van der Waals surface area contributed by atoms with E-state index in [1.807, 2.05) is 0 Å². The minimum atomic E-state index is 0.570. The lowest BCUT2D eigenvalue weighted by Gasteiger charge is -2.26. The highest BCUT2D eigenvalue weighted by Gasteiger charge is 2.21. The van der Waals surface area contributed by atoms with Gasteiger partial charge >= 0.3 is 0 Å². The Kier molecular flexibility index (Phi) is 7.58. The van der Waals surface area contributed by atoms with Crippen LogP contribution in [0.2, 0.25) is 0 Å². The summed E-state index contributed by atoms with van der Waals surface area (Å²) in [5, 5.41) is 0. The first-order valence-electron chi connectivity index (χ1n) is 10.9. The fourth-order valence-electron chi connectivity index (χ4n) is 4.11. The van der Waals surface area contributed by atoms with Gasteiger partial charge in [-0.15, -0.1) is 0 Å². The van der Waals surface area contributed by atoms with Crippen LogP contribution in [0.1, 0.15) is 86.5 Å². The quantitative estimate of drug-likeness (QED) is 0.372. The Hall–Kier alpha value is -2.00. The molecule has 0 aromatic heterocycles. The van der Waals surface area contributed by atoms with E-state index in [2.05, 4.69) is 74.2 Å². The van der Waals surface area contributed by atoms with Crippen molar-refractivity contribution in [3.05, 3.63) is 70.8 Å². The molecule has 2 aromatic rings. The van der Waals surface area contributed by atoms with Gasteiger partial charge in [-0.25, -0.2) is 0 Å². The molecule has 2 aromatic carbocycles. The summed E-state index contributed by atoms with van der Waals surface area (Å²) in [6, 6.07) is 18.1. The van der Waals surface area contributed by atoms with E-state index in [1.54, 1.807) is 0 Å². The van der Waals surface area contributed by atoms with Gasteiger partial charge < -0.3 is 0 Å². The zero-order valence-electron chi connectivity index (χ0n) is 17.1. The Balaban J connectivity index is 1.47. The molecule has 0 nitrogen and oxygen atoms in total. The summed E-state index contributed by atoms with van der Waals surface area (Å²) in [5.41, 5.74) is 5.50. The second-order valence-electron chi connectivity index (χ2n) is 8.24. The van der Waals surface area contributed by atoms with E-state index in [0.717, 1.165) is 11.5 Å². The van der Waals surface area contributed by atoms with Gasteiger partial charge in [0.05, 0.1) is 0 Å². The van der Waals surface area contributed by atoms with E-state index < -0.39 is 0 Å². The summed E-state index contributed by atoms with van der Waals surface area (Å²) in [6.07, 6.45) is 11.7. The minimum Gasteiger partial charge on any atom is -0.0945 e. The average Bonchev–Trinajstić information content (AvgIpc) is 2.72. The first-order valence-corrected chi connectivity index (χ1v) is 10.9. The van der Waals surface area contributed by atoms with E-state index in [1.165, 1.54) is 74.5 Å². The number of rotatable bonds is 6. The maximum Gasteiger partial charge on any atom is 0.0245 e. The highest BCUT2D eigenvalue weighted by atomic mass is 14.2. The molecule has 0 N–H and O–H groups in total. The molecule has 27 heavy (non-hydrogen) atoms. The molecule has 0 unspecified atom stereocenters. The van der Waals surface area contributed by atoms with Crippen molar-refractivity contribution in [1.29, 1.82) is 0 Å². The third kappa shape index (κ3) is 6.28. The zero-order chi connectivity index (χ0) is 18.9. The Morgan fingerprint density at radius 3 is 2.19 bits per heavy atom. The van der Waals surface area contributed by atoms with Gasteiger partial charge in [0, 0.05) is 11.5 Å². The maximum atomic E-state index is 3.52. The normalized spacial score (nSPS) is 19.3. The van der Waals surface area contributed by atoms with Gasteiger partial charge in [0.1, 0.15) is 0 Å². The lowest BCUT2D eigenvalue weighted by atomic mass is 9.78. The summed E-state index contributed by atoms with van der Waals surface area (Å²) in [6.45, 7) is 4.40. The Morgan fingerprint density at radius 2 is 1.52 bits per heavy atom. The Morgan fingerprint density at radius 1 is 0.815 bits per heavy atom. The van der Waals surface area contributed by atoms with Crippen molar-refractivity contribution in [3.63, 3.8) is 0 Å². The second kappa shape index (κ2) is 10.4. The smallest absolute Gasteiger partial charge is 0.0245 e. The Labute approximate surface area is 166 Å². The first-order chi connectivity index (χ1) is 13.2. The fraction of sp³-hybridized carbons (Fsp3) is 0.481. The van der Waals surface area contributed by atoms with Crippen molar-refractivity contribution in [2.24, 2.45) is 5.92 Å².